The number of pyridine rings is 1. The molecule has 0 aliphatic carbocycles. The normalized spacial score (nSPS) is 15.4. The van der Waals surface area contributed by atoms with Crippen LogP contribution in [0.5, 0.6) is 11.5 Å². The molecule has 1 aromatic heterocycles. The van der Waals surface area contributed by atoms with Crippen molar-refractivity contribution >= 4 is 11.7 Å². The van der Waals surface area contributed by atoms with Gasteiger partial charge in [-0.05, 0) is 60.8 Å². The van der Waals surface area contributed by atoms with E-state index >= 15 is 0 Å². The Bertz CT molecular complexity index is 1040. The lowest BCUT2D eigenvalue weighted by molar-refractivity contribution is 0.0697. The Labute approximate surface area is 169 Å². The SMILES string of the molecule is Cc1ccccc1Oc1ccc2c(c1)CCN[C@@H]2CNc1cnccc1C(=O)O. The number of hydrogen-bond acceptors (Lipinski definition) is 5. The van der Waals surface area contributed by atoms with Crippen molar-refractivity contribution in [3.63, 3.8) is 0 Å². The predicted octanol–water partition coefficient (Wildman–Crippen LogP) is 4.18. The number of carboxylic acids is 1. The summed E-state index contributed by atoms with van der Waals surface area (Å²) in [5.74, 6) is 0.717. The van der Waals surface area contributed by atoms with E-state index in [0.29, 0.717) is 12.2 Å². The van der Waals surface area contributed by atoms with Gasteiger partial charge < -0.3 is 20.5 Å². The average Bonchev–Trinajstić information content (AvgIpc) is 2.74. The molecule has 6 heteroatoms. The van der Waals surface area contributed by atoms with Gasteiger partial charge in [0.25, 0.3) is 0 Å². The molecule has 0 saturated heterocycles. The molecule has 29 heavy (non-hydrogen) atoms. The number of hydrogen-bond donors (Lipinski definition) is 3. The summed E-state index contributed by atoms with van der Waals surface area (Å²) in [7, 11) is 0. The van der Waals surface area contributed by atoms with E-state index in [-0.39, 0.29) is 11.6 Å². The Kier molecular flexibility index (Phi) is 5.44. The fraction of sp³-hybridized carbons (Fsp3) is 0.217. The first-order valence-corrected chi connectivity index (χ1v) is 9.62. The first-order valence-electron chi connectivity index (χ1n) is 9.62. The largest absolute Gasteiger partial charge is 0.478 e. The van der Waals surface area contributed by atoms with Gasteiger partial charge in [0.15, 0.2) is 0 Å². The summed E-state index contributed by atoms with van der Waals surface area (Å²) in [5, 5.41) is 16.1. The molecule has 148 valence electrons. The molecular weight excluding hydrogens is 366 g/mol. The minimum absolute atomic E-state index is 0.0770. The van der Waals surface area contributed by atoms with Gasteiger partial charge in [-0.25, -0.2) is 4.79 Å². The van der Waals surface area contributed by atoms with Crippen molar-refractivity contribution in [2.45, 2.75) is 19.4 Å². The number of ether oxygens (including phenoxy) is 1. The number of anilines is 1. The van der Waals surface area contributed by atoms with Crippen molar-refractivity contribution in [2.24, 2.45) is 0 Å². The quantitative estimate of drug-likeness (QED) is 0.587. The smallest absolute Gasteiger partial charge is 0.337 e. The maximum atomic E-state index is 11.4. The second-order valence-electron chi connectivity index (χ2n) is 7.09. The summed E-state index contributed by atoms with van der Waals surface area (Å²) in [5.41, 5.74) is 4.28. The molecule has 0 saturated carbocycles. The van der Waals surface area contributed by atoms with Gasteiger partial charge in [-0.15, -0.1) is 0 Å². The Morgan fingerprint density at radius 1 is 1.28 bits per heavy atom. The van der Waals surface area contributed by atoms with Crippen LogP contribution in [0, 0.1) is 6.92 Å². The van der Waals surface area contributed by atoms with Gasteiger partial charge in [0.1, 0.15) is 11.5 Å². The molecule has 0 amide bonds. The number of nitrogens with zero attached hydrogens (tertiary/aromatic N) is 1. The summed E-state index contributed by atoms with van der Waals surface area (Å²) < 4.78 is 6.07. The Hall–Kier alpha value is -3.38. The molecule has 0 radical (unpaired) electrons. The van der Waals surface area contributed by atoms with Crippen molar-refractivity contribution in [3.8, 4) is 11.5 Å². The molecule has 0 unspecified atom stereocenters. The van der Waals surface area contributed by atoms with E-state index in [1.807, 2.05) is 37.3 Å². The van der Waals surface area contributed by atoms with Crippen molar-refractivity contribution < 1.29 is 14.6 Å². The van der Waals surface area contributed by atoms with E-state index in [0.717, 1.165) is 30.0 Å². The van der Waals surface area contributed by atoms with Crippen LogP contribution >= 0.6 is 0 Å². The third kappa shape index (κ3) is 4.22. The monoisotopic (exact) mass is 389 g/mol. The molecule has 1 aliphatic heterocycles. The number of benzene rings is 2. The number of para-hydroxylation sites is 1. The van der Waals surface area contributed by atoms with Crippen molar-refractivity contribution in [1.82, 2.24) is 10.3 Å². The minimum atomic E-state index is -0.968. The zero-order valence-corrected chi connectivity index (χ0v) is 16.2. The molecule has 6 nitrogen and oxygen atoms in total. The van der Waals surface area contributed by atoms with Crippen LogP contribution in [0.1, 0.15) is 33.1 Å². The lowest BCUT2D eigenvalue weighted by atomic mass is 9.94. The molecule has 2 aromatic carbocycles. The number of nitrogens with one attached hydrogen (secondary N) is 2. The summed E-state index contributed by atoms with van der Waals surface area (Å²) in [6, 6.07) is 15.7. The highest BCUT2D eigenvalue weighted by Crippen LogP contribution is 2.31. The summed E-state index contributed by atoms with van der Waals surface area (Å²) in [6.45, 7) is 3.45. The summed E-state index contributed by atoms with van der Waals surface area (Å²) >= 11 is 0. The number of aromatic nitrogens is 1. The summed E-state index contributed by atoms with van der Waals surface area (Å²) in [6.07, 6.45) is 3.95. The third-order valence-electron chi connectivity index (χ3n) is 5.14. The molecule has 0 bridgehead atoms. The second-order valence-corrected chi connectivity index (χ2v) is 7.09. The Morgan fingerprint density at radius 3 is 2.97 bits per heavy atom. The number of aromatic carboxylic acids is 1. The number of aryl methyl sites for hydroxylation is 1. The molecule has 1 aliphatic rings. The highest BCUT2D eigenvalue weighted by atomic mass is 16.5. The van der Waals surface area contributed by atoms with Crippen molar-refractivity contribution in [3.05, 3.63) is 83.2 Å². The zero-order chi connectivity index (χ0) is 20.2. The topological polar surface area (TPSA) is 83.5 Å². The van der Waals surface area contributed by atoms with Gasteiger partial charge in [-0.2, -0.15) is 0 Å². The minimum Gasteiger partial charge on any atom is -0.478 e. The highest BCUT2D eigenvalue weighted by molar-refractivity contribution is 5.93. The first-order chi connectivity index (χ1) is 14.1. The number of carboxylic acid groups (broad SMARTS) is 1. The van der Waals surface area contributed by atoms with E-state index < -0.39 is 5.97 Å². The average molecular weight is 389 g/mol. The van der Waals surface area contributed by atoms with Gasteiger partial charge in [-0.3, -0.25) is 4.98 Å². The molecular formula is C23H23N3O3. The molecule has 2 heterocycles. The van der Waals surface area contributed by atoms with Crippen LogP contribution in [0.25, 0.3) is 0 Å². The van der Waals surface area contributed by atoms with Crippen molar-refractivity contribution in [1.29, 1.82) is 0 Å². The van der Waals surface area contributed by atoms with Gasteiger partial charge >= 0.3 is 5.97 Å². The standard InChI is InChI=1S/C23H23N3O3/c1-15-4-2-3-5-22(15)29-17-6-7-18-16(12-17)8-11-25-21(18)14-26-20-13-24-10-9-19(20)23(27)28/h2-7,9-10,12-13,21,25-26H,8,11,14H2,1H3,(H,27,28)/t21-/m1/s1. The molecule has 1 atom stereocenters. The number of carbonyl (C=O) groups is 1. The lowest BCUT2D eigenvalue weighted by Crippen LogP contribution is -2.34. The fourth-order valence-corrected chi connectivity index (χ4v) is 3.61. The van der Waals surface area contributed by atoms with Crippen LogP contribution in [-0.2, 0) is 6.42 Å². The Balaban J connectivity index is 1.50. The van der Waals surface area contributed by atoms with Crippen molar-refractivity contribution in [2.75, 3.05) is 18.4 Å². The summed E-state index contributed by atoms with van der Waals surface area (Å²) in [4.78, 5) is 15.4. The van der Waals surface area contributed by atoms with E-state index in [2.05, 4.69) is 27.8 Å². The van der Waals surface area contributed by atoms with Crippen LogP contribution in [0.15, 0.2) is 60.9 Å². The third-order valence-corrected chi connectivity index (χ3v) is 5.14. The Morgan fingerprint density at radius 2 is 2.14 bits per heavy atom. The lowest BCUT2D eigenvalue weighted by Gasteiger charge is -2.28. The first kappa shape index (κ1) is 19.0. The molecule has 3 aromatic rings. The number of rotatable bonds is 6. The van der Waals surface area contributed by atoms with E-state index in [1.54, 1.807) is 6.20 Å². The zero-order valence-electron chi connectivity index (χ0n) is 16.2. The maximum absolute atomic E-state index is 11.4. The molecule has 3 N–H and O–H groups in total. The van der Waals surface area contributed by atoms with Crippen LogP contribution in [0.4, 0.5) is 5.69 Å². The van der Waals surface area contributed by atoms with Crippen LogP contribution in [0.3, 0.4) is 0 Å². The van der Waals surface area contributed by atoms with E-state index in [4.69, 9.17) is 4.74 Å². The molecule has 4 rings (SSSR count). The molecule has 0 fully saturated rings. The maximum Gasteiger partial charge on any atom is 0.337 e. The van der Waals surface area contributed by atoms with E-state index in [9.17, 15) is 9.90 Å². The van der Waals surface area contributed by atoms with Crippen LogP contribution in [0.2, 0.25) is 0 Å². The highest BCUT2D eigenvalue weighted by Gasteiger charge is 2.21. The van der Waals surface area contributed by atoms with Crippen LogP contribution in [-0.4, -0.2) is 29.1 Å². The predicted molar refractivity (Wildman–Crippen MR) is 112 cm³/mol. The second kappa shape index (κ2) is 8.32. The van der Waals surface area contributed by atoms with E-state index in [1.165, 1.54) is 23.4 Å². The number of fused-ring (bicyclic) bond motifs is 1. The van der Waals surface area contributed by atoms with Gasteiger partial charge in [-0.1, -0.05) is 24.3 Å². The van der Waals surface area contributed by atoms with Gasteiger partial charge in [0, 0.05) is 18.8 Å². The van der Waals surface area contributed by atoms with Gasteiger partial charge in [0.05, 0.1) is 17.4 Å². The molecule has 0 spiro atoms. The van der Waals surface area contributed by atoms with Gasteiger partial charge in [0.2, 0.25) is 0 Å². The van der Waals surface area contributed by atoms with Crippen LogP contribution < -0.4 is 15.4 Å². The fourth-order valence-electron chi connectivity index (χ4n) is 3.61.